The van der Waals surface area contributed by atoms with Gasteiger partial charge in [0.1, 0.15) is 12.1 Å². The van der Waals surface area contributed by atoms with Gasteiger partial charge in [0.2, 0.25) is 0 Å². The van der Waals surface area contributed by atoms with Gasteiger partial charge in [-0.05, 0) is 12.0 Å². The number of esters is 1. The van der Waals surface area contributed by atoms with Gasteiger partial charge in [-0.15, -0.1) is 0 Å². The number of benzene rings is 1. The van der Waals surface area contributed by atoms with Gasteiger partial charge in [0.05, 0.1) is 20.3 Å². The van der Waals surface area contributed by atoms with Crippen LogP contribution in [0.2, 0.25) is 0 Å². The maximum Gasteiger partial charge on any atom is 0.408 e. The molecule has 1 aliphatic carbocycles. The maximum absolute atomic E-state index is 12.3. The third-order valence-electron chi connectivity index (χ3n) is 4.45. The van der Waals surface area contributed by atoms with Crippen LogP contribution in [-0.4, -0.2) is 43.7 Å². The molecule has 1 saturated heterocycles. The Hall–Kier alpha value is -2.12. The van der Waals surface area contributed by atoms with Crippen LogP contribution >= 0.6 is 0 Å². The number of methoxy groups -OCH3 is 1. The van der Waals surface area contributed by atoms with Crippen LogP contribution in [0, 0.1) is 0 Å². The van der Waals surface area contributed by atoms with Crippen molar-refractivity contribution >= 4 is 12.1 Å². The molecule has 1 aliphatic heterocycles. The molecule has 130 valence electrons. The van der Waals surface area contributed by atoms with E-state index in [0.717, 1.165) is 5.56 Å². The summed E-state index contributed by atoms with van der Waals surface area (Å²) < 4.78 is 21.4. The molecule has 1 atom stereocenters. The van der Waals surface area contributed by atoms with Gasteiger partial charge in [0.25, 0.3) is 0 Å². The highest BCUT2D eigenvalue weighted by Gasteiger charge is 2.57. The molecule has 0 aromatic heterocycles. The zero-order valence-corrected chi connectivity index (χ0v) is 13.6. The molecule has 1 N–H and O–H groups in total. The van der Waals surface area contributed by atoms with E-state index in [9.17, 15) is 9.59 Å². The Labute approximate surface area is 140 Å². The highest BCUT2D eigenvalue weighted by molar-refractivity contribution is 5.86. The molecular formula is C17H21NO6. The van der Waals surface area contributed by atoms with E-state index in [1.165, 1.54) is 7.11 Å². The number of amides is 1. The lowest BCUT2D eigenvalue weighted by atomic mass is 9.97. The first-order valence-electron chi connectivity index (χ1n) is 7.93. The van der Waals surface area contributed by atoms with Crippen LogP contribution in [0.15, 0.2) is 30.3 Å². The van der Waals surface area contributed by atoms with Crippen molar-refractivity contribution < 1.29 is 28.5 Å². The molecular weight excluding hydrogens is 314 g/mol. The Kier molecular flexibility index (Phi) is 4.73. The van der Waals surface area contributed by atoms with Crippen LogP contribution < -0.4 is 5.32 Å². The Morgan fingerprint density at radius 2 is 1.88 bits per heavy atom. The van der Waals surface area contributed by atoms with Crippen molar-refractivity contribution in [2.75, 3.05) is 20.3 Å². The van der Waals surface area contributed by atoms with E-state index >= 15 is 0 Å². The van der Waals surface area contributed by atoms with E-state index in [1.807, 2.05) is 30.3 Å². The minimum atomic E-state index is -1.19. The van der Waals surface area contributed by atoms with Gasteiger partial charge < -0.3 is 24.3 Å². The molecule has 2 fully saturated rings. The molecule has 2 aliphatic rings. The number of hydrogen-bond donors (Lipinski definition) is 1. The Morgan fingerprint density at radius 3 is 2.54 bits per heavy atom. The average Bonchev–Trinajstić information content (AvgIpc) is 3.21. The van der Waals surface area contributed by atoms with Crippen molar-refractivity contribution in [3.05, 3.63) is 35.9 Å². The normalized spacial score (nSPS) is 24.7. The number of carbonyl (C=O) groups excluding carboxylic acids is 2. The topological polar surface area (TPSA) is 83.1 Å². The van der Waals surface area contributed by atoms with Crippen molar-refractivity contribution in [3.8, 4) is 0 Å². The zero-order valence-electron chi connectivity index (χ0n) is 13.6. The molecule has 1 heterocycles. The van der Waals surface area contributed by atoms with E-state index in [0.29, 0.717) is 26.1 Å². The molecule has 1 spiro atoms. The number of carbonyl (C=O) groups is 2. The third-order valence-corrected chi connectivity index (χ3v) is 4.45. The molecule has 24 heavy (non-hydrogen) atoms. The lowest BCUT2D eigenvalue weighted by Crippen LogP contribution is -2.54. The maximum atomic E-state index is 12.3. The first kappa shape index (κ1) is 16.7. The fraction of sp³-hybridized carbons (Fsp3) is 0.529. The summed E-state index contributed by atoms with van der Waals surface area (Å²) in [6.45, 7) is 1.09. The lowest BCUT2D eigenvalue weighted by Gasteiger charge is -2.29. The fourth-order valence-corrected chi connectivity index (χ4v) is 3.27. The minimum absolute atomic E-state index is 0.127. The first-order valence-corrected chi connectivity index (χ1v) is 7.93. The highest BCUT2D eigenvalue weighted by atomic mass is 16.7. The van der Waals surface area contributed by atoms with Crippen molar-refractivity contribution in [3.63, 3.8) is 0 Å². The van der Waals surface area contributed by atoms with E-state index in [2.05, 4.69) is 5.32 Å². The smallest absolute Gasteiger partial charge is 0.408 e. The van der Waals surface area contributed by atoms with Crippen LogP contribution in [0.25, 0.3) is 0 Å². The lowest BCUT2D eigenvalue weighted by molar-refractivity contribution is -0.164. The Bertz CT molecular complexity index is 598. The fourth-order valence-electron chi connectivity index (χ4n) is 3.27. The van der Waals surface area contributed by atoms with Crippen molar-refractivity contribution in [2.24, 2.45) is 0 Å². The molecule has 7 heteroatoms. The first-order chi connectivity index (χ1) is 11.6. The average molecular weight is 335 g/mol. The van der Waals surface area contributed by atoms with Gasteiger partial charge in [0, 0.05) is 12.8 Å². The predicted octanol–water partition coefficient (Wildman–Crippen LogP) is 1.75. The standard InChI is InChI=1S/C17H21NO6/c1-21-14(19)16(7-8-17(12-16)23-9-10-24-17)18-15(20)22-11-13-5-3-2-4-6-13/h2-6H,7-12H2,1H3,(H,18,20)/t16-/m0/s1. The van der Waals surface area contributed by atoms with Crippen molar-refractivity contribution in [2.45, 2.75) is 37.2 Å². The van der Waals surface area contributed by atoms with Crippen molar-refractivity contribution in [1.29, 1.82) is 0 Å². The monoisotopic (exact) mass is 335 g/mol. The van der Waals surface area contributed by atoms with Crippen LogP contribution in [0.3, 0.4) is 0 Å². The molecule has 0 radical (unpaired) electrons. The Balaban J connectivity index is 1.64. The summed E-state index contributed by atoms with van der Waals surface area (Å²) in [4.78, 5) is 24.5. The molecule has 1 aromatic rings. The molecule has 1 aromatic carbocycles. The summed E-state index contributed by atoms with van der Waals surface area (Å²) in [5.74, 6) is -1.34. The van der Waals surface area contributed by atoms with Crippen LogP contribution in [0.1, 0.15) is 24.8 Å². The van der Waals surface area contributed by atoms with Crippen molar-refractivity contribution in [1.82, 2.24) is 5.32 Å². The molecule has 7 nitrogen and oxygen atoms in total. The number of nitrogens with one attached hydrogen (secondary N) is 1. The summed E-state index contributed by atoms with van der Waals surface area (Å²) in [5.41, 5.74) is -0.322. The third kappa shape index (κ3) is 3.37. The molecule has 0 bridgehead atoms. The van der Waals surface area contributed by atoms with E-state index < -0.39 is 23.4 Å². The predicted molar refractivity (Wildman–Crippen MR) is 83.0 cm³/mol. The summed E-state index contributed by atoms with van der Waals surface area (Å²) in [6.07, 6.45) is 0.438. The zero-order chi connectivity index (χ0) is 17.0. The van der Waals surface area contributed by atoms with Gasteiger partial charge in [-0.3, -0.25) is 0 Å². The van der Waals surface area contributed by atoms with Gasteiger partial charge >= 0.3 is 12.1 Å². The van der Waals surface area contributed by atoms with Gasteiger partial charge in [0.15, 0.2) is 5.79 Å². The van der Waals surface area contributed by atoms with E-state index in [4.69, 9.17) is 18.9 Å². The summed E-state index contributed by atoms with van der Waals surface area (Å²) >= 11 is 0. The Morgan fingerprint density at radius 1 is 1.17 bits per heavy atom. The molecule has 1 saturated carbocycles. The summed E-state index contributed by atoms with van der Waals surface area (Å²) in [5, 5.41) is 2.67. The minimum Gasteiger partial charge on any atom is -0.467 e. The second-order valence-corrected chi connectivity index (χ2v) is 6.04. The van der Waals surface area contributed by atoms with E-state index in [1.54, 1.807) is 0 Å². The number of rotatable bonds is 4. The van der Waals surface area contributed by atoms with Gasteiger partial charge in [-0.25, -0.2) is 9.59 Å². The SMILES string of the molecule is COC(=O)[C@]1(NC(=O)OCc2ccccc2)CCC2(C1)OCCO2. The number of hydrogen-bond acceptors (Lipinski definition) is 6. The van der Waals surface area contributed by atoms with Crippen LogP contribution in [0.4, 0.5) is 4.79 Å². The van der Waals surface area contributed by atoms with Crippen LogP contribution in [0.5, 0.6) is 0 Å². The van der Waals surface area contributed by atoms with Gasteiger partial charge in [-0.1, -0.05) is 30.3 Å². The molecule has 3 rings (SSSR count). The number of alkyl carbamates (subject to hydrolysis) is 1. The van der Waals surface area contributed by atoms with E-state index in [-0.39, 0.29) is 13.0 Å². The number of ether oxygens (including phenoxy) is 4. The largest absolute Gasteiger partial charge is 0.467 e. The molecule has 0 unspecified atom stereocenters. The highest BCUT2D eigenvalue weighted by Crippen LogP contribution is 2.43. The molecule has 1 amide bonds. The second kappa shape index (κ2) is 6.78. The van der Waals surface area contributed by atoms with Gasteiger partial charge in [-0.2, -0.15) is 0 Å². The van der Waals surface area contributed by atoms with Crippen LogP contribution in [-0.2, 0) is 30.3 Å². The summed E-state index contributed by atoms with van der Waals surface area (Å²) in [6, 6.07) is 9.32. The summed E-state index contributed by atoms with van der Waals surface area (Å²) in [7, 11) is 1.29. The quantitative estimate of drug-likeness (QED) is 0.844. The second-order valence-electron chi connectivity index (χ2n) is 6.04.